The summed E-state index contributed by atoms with van der Waals surface area (Å²) in [5.74, 6) is -0.153. The fourth-order valence-electron chi connectivity index (χ4n) is 5.15. The van der Waals surface area contributed by atoms with Crippen LogP contribution in [0, 0.1) is 0 Å². The van der Waals surface area contributed by atoms with E-state index >= 15 is 0 Å². The van der Waals surface area contributed by atoms with Gasteiger partial charge in [0, 0.05) is 25.2 Å². The number of halogens is 2. The van der Waals surface area contributed by atoms with Crippen LogP contribution in [0.2, 0.25) is 10.0 Å². The monoisotopic (exact) mass is 517 g/mol. The van der Waals surface area contributed by atoms with Gasteiger partial charge in [0.05, 0.1) is 14.9 Å². The molecule has 3 fully saturated rings. The van der Waals surface area contributed by atoms with Crippen LogP contribution in [-0.2, 0) is 19.4 Å². The minimum atomic E-state index is -3.89. The first-order valence-electron chi connectivity index (χ1n) is 11.9. The van der Waals surface area contributed by atoms with Gasteiger partial charge in [-0.15, -0.1) is 0 Å². The molecule has 2 unspecified atom stereocenters. The summed E-state index contributed by atoms with van der Waals surface area (Å²) in [5.41, 5.74) is -1.17. The second-order valence-electron chi connectivity index (χ2n) is 9.21. The van der Waals surface area contributed by atoms with Crippen molar-refractivity contribution in [1.29, 1.82) is 0 Å². The number of carbonyl (C=O) groups excluding carboxylic acids is 1. The van der Waals surface area contributed by atoms with Gasteiger partial charge in [-0.25, -0.2) is 8.42 Å². The normalized spacial score (nSPS) is 24.2. The van der Waals surface area contributed by atoms with Gasteiger partial charge in [0.25, 0.3) is 0 Å². The molecular weight excluding hydrogens is 485 g/mol. The van der Waals surface area contributed by atoms with Crippen molar-refractivity contribution < 1.29 is 17.9 Å². The third kappa shape index (κ3) is 6.03. The van der Waals surface area contributed by atoms with Gasteiger partial charge in [-0.3, -0.25) is 4.79 Å². The molecule has 3 heterocycles. The summed E-state index contributed by atoms with van der Waals surface area (Å²) in [6.07, 6.45) is 7.00. The second-order valence-corrected chi connectivity index (χ2v) is 12.1. The van der Waals surface area contributed by atoms with E-state index in [-0.39, 0.29) is 33.5 Å². The highest BCUT2D eigenvalue weighted by molar-refractivity contribution is 7.92. The van der Waals surface area contributed by atoms with E-state index in [4.69, 9.17) is 27.9 Å². The fourth-order valence-corrected chi connectivity index (χ4v) is 7.24. The van der Waals surface area contributed by atoms with Crippen molar-refractivity contribution in [3.05, 3.63) is 28.2 Å². The fraction of sp³-hybridized carbons (Fsp3) is 0.696. The summed E-state index contributed by atoms with van der Waals surface area (Å²) in [4.78, 5) is 17.3. The van der Waals surface area contributed by atoms with E-state index in [1.54, 1.807) is 0 Å². The Morgan fingerprint density at radius 2 is 1.76 bits per heavy atom. The van der Waals surface area contributed by atoms with Gasteiger partial charge in [0.2, 0.25) is 15.7 Å². The number of nitrogens with zero attached hydrogens (tertiary/aromatic N) is 2. The average molecular weight is 519 g/mol. The Balaban J connectivity index is 1.41. The van der Waals surface area contributed by atoms with E-state index < -0.39 is 15.3 Å². The summed E-state index contributed by atoms with van der Waals surface area (Å²) in [6.45, 7) is 4.16. The first-order valence-corrected chi connectivity index (χ1v) is 14.2. The largest absolute Gasteiger partial charge is 0.350 e. The summed E-state index contributed by atoms with van der Waals surface area (Å²) in [7, 11) is -3.89. The molecule has 33 heavy (non-hydrogen) atoms. The molecule has 0 radical (unpaired) electrons. The predicted octanol–water partition coefficient (Wildman–Crippen LogP) is 3.34. The number of ether oxygens (including phenoxy) is 1. The summed E-state index contributed by atoms with van der Waals surface area (Å²) >= 11 is 12.1. The van der Waals surface area contributed by atoms with Crippen molar-refractivity contribution in [3.8, 4) is 0 Å². The van der Waals surface area contributed by atoms with Gasteiger partial charge >= 0.3 is 0 Å². The van der Waals surface area contributed by atoms with Gasteiger partial charge in [0.15, 0.2) is 5.44 Å². The topological polar surface area (TPSA) is 78.9 Å². The number of nitrogens with one attached hydrogen (secondary N) is 1. The van der Waals surface area contributed by atoms with Gasteiger partial charge < -0.3 is 19.9 Å². The molecule has 0 aromatic heterocycles. The minimum Gasteiger partial charge on any atom is -0.350 e. The van der Waals surface area contributed by atoms with Gasteiger partial charge in [-0.2, -0.15) is 0 Å². The highest BCUT2D eigenvalue weighted by Gasteiger charge is 2.38. The molecule has 7 nitrogen and oxygen atoms in total. The number of rotatable bonds is 7. The lowest BCUT2D eigenvalue weighted by Crippen LogP contribution is -2.50. The number of hydrogen-bond donors (Lipinski definition) is 1. The number of carbonyl (C=O) groups is 1. The third-order valence-electron chi connectivity index (χ3n) is 7.05. The Morgan fingerprint density at radius 3 is 2.39 bits per heavy atom. The van der Waals surface area contributed by atoms with Crippen LogP contribution in [0.1, 0.15) is 44.9 Å². The number of amides is 1. The molecule has 184 valence electrons. The van der Waals surface area contributed by atoms with E-state index in [1.807, 2.05) is 4.90 Å². The Bertz CT molecular complexity index is 926. The highest BCUT2D eigenvalue weighted by Crippen LogP contribution is 2.29. The lowest BCUT2D eigenvalue weighted by Gasteiger charge is -2.37. The molecule has 0 saturated carbocycles. The molecular formula is C23H33Cl2N3O4S. The predicted molar refractivity (Wildman–Crippen MR) is 129 cm³/mol. The third-order valence-corrected chi connectivity index (χ3v) is 9.77. The van der Waals surface area contributed by atoms with Crippen LogP contribution in [0.25, 0.3) is 0 Å². The zero-order chi connectivity index (χ0) is 23.4. The molecule has 3 aliphatic rings. The zero-order valence-corrected chi connectivity index (χ0v) is 21.2. The minimum absolute atomic E-state index is 0.0492. The van der Waals surface area contributed by atoms with Crippen molar-refractivity contribution in [3.63, 3.8) is 0 Å². The Labute approximate surface area is 206 Å². The molecule has 4 rings (SSSR count). The van der Waals surface area contributed by atoms with Gasteiger partial charge in [0.1, 0.15) is 6.61 Å². The maximum Gasteiger partial charge on any atom is 0.248 e. The standard InChI is InChI=1S/C23H33Cl2N3O4S/c24-19-7-6-18(15-20(19)25)33(30,31)23(21-5-1-2-10-26-21)32-16-22(29)28-13-8-17(9-14-28)27-11-3-4-12-27/h6-7,15,17,21,23,26H,1-5,8-14,16H2. The molecule has 1 aromatic carbocycles. The maximum absolute atomic E-state index is 13.5. The van der Waals surface area contributed by atoms with Crippen molar-refractivity contribution >= 4 is 38.9 Å². The average Bonchev–Trinajstić information content (AvgIpc) is 3.36. The molecule has 10 heteroatoms. The first-order chi connectivity index (χ1) is 15.9. The molecule has 0 bridgehead atoms. The Morgan fingerprint density at radius 1 is 1.03 bits per heavy atom. The van der Waals surface area contributed by atoms with Crippen LogP contribution in [0.4, 0.5) is 0 Å². The van der Waals surface area contributed by atoms with Gasteiger partial charge in [-0.05, 0) is 76.4 Å². The summed E-state index contributed by atoms with van der Waals surface area (Å²) < 4.78 is 32.8. The lowest BCUT2D eigenvalue weighted by atomic mass is 10.0. The van der Waals surface area contributed by atoms with Crippen molar-refractivity contribution in [1.82, 2.24) is 15.1 Å². The van der Waals surface area contributed by atoms with Crippen LogP contribution in [0.15, 0.2) is 23.1 Å². The van der Waals surface area contributed by atoms with Gasteiger partial charge in [-0.1, -0.05) is 29.6 Å². The maximum atomic E-state index is 13.5. The van der Waals surface area contributed by atoms with Crippen LogP contribution < -0.4 is 5.32 Å². The Hall–Kier alpha value is -0.900. The Kier molecular flexibility index (Phi) is 8.57. The number of sulfone groups is 1. The van der Waals surface area contributed by atoms with Crippen LogP contribution in [0.3, 0.4) is 0 Å². The smallest absolute Gasteiger partial charge is 0.248 e. The zero-order valence-electron chi connectivity index (χ0n) is 18.8. The van der Waals surface area contributed by atoms with Crippen LogP contribution >= 0.6 is 23.2 Å². The van der Waals surface area contributed by atoms with Crippen molar-refractivity contribution in [2.24, 2.45) is 0 Å². The quantitative estimate of drug-likeness (QED) is 0.597. The van der Waals surface area contributed by atoms with Crippen molar-refractivity contribution in [2.45, 2.75) is 67.4 Å². The van der Waals surface area contributed by atoms with E-state index in [1.165, 1.54) is 31.0 Å². The molecule has 2 atom stereocenters. The van der Waals surface area contributed by atoms with Crippen LogP contribution in [0.5, 0.6) is 0 Å². The molecule has 1 aromatic rings. The van der Waals surface area contributed by atoms with Crippen LogP contribution in [-0.4, -0.2) is 81.0 Å². The summed E-state index contributed by atoms with van der Waals surface area (Å²) in [6, 6.07) is 4.42. The molecule has 3 aliphatic heterocycles. The van der Waals surface area contributed by atoms with E-state index in [9.17, 15) is 13.2 Å². The van der Waals surface area contributed by atoms with Crippen molar-refractivity contribution in [2.75, 3.05) is 39.3 Å². The highest BCUT2D eigenvalue weighted by atomic mass is 35.5. The number of piperidine rings is 2. The molecule has 3 saturated heterocycles. The van der Waals surface area contributed by atoms with E-state index in [2.05, 4.69) is 10.2 Å². The number of hydrogen-bond acceptors (Lipinski definition) is 6. The summed E-state index contributed by atoms with van der Waals surface area (Å²) in [5, 5.41) is 3.73. The molecule has 1 N–H and O–H groups in total. The molecule has 0 aliphatic carbocycles. The van der Waals surface area contributed by atoms with E-state index in [0.717, 1.165) is 45.3 Å². The molecule has 0 spiro atoms. The number of benzene rings is 1. The van der Waals surface area contributed by atoms with E-state index in [0.29, 0.717) is 25.6 Å². The lowest BCUT2D eigenvalue weighted by molar-refractivity contribution is -0.138. The molecule has 1 amide bonds. The second kappa shape index (κ2) is 11.2. The SMILES string of the molecule is O=C(COC(C1CCCCN1)S(=O)(=O)c1ccc(Cl)c(Cl)c1)N1CCC(N2CCCC2)CC1. The first kappa shape index (κ1) is 25.2. The number of likely N-dealkylation sites (tertiary alicyclic amines) is 2.